The Labute approximate surface area is 117 Å². The maximum absolute atomic E-state index is 11.2. The number of carbonyl (C=O) groups is 2. The molecule has 6 nitrogen and oxygen atoms in total. The van der Waals surface area contributed by atoms with Gasteiger partial charge in [0.2, 0.25) is 11.8 Å². The third-order valence-corrected chi connectivity index (χ3v) is 3.08. The van der Waals surface area contributed by atoms with Crippen molar-refractivity contribution < 1.29 is 14.3 Å². The van der Waals surface area contributed by atoms with Gasteiger partial charge in [-0.15, -0.1) is 0 Å². The number of hydrogen-bond acceptors (Lipinski definition) is 5. The minimum Gasteiger partial charge on any atom is -0.493 e. The fourth-order valence-corrected chi connectivity index (χ4v) is 2.14. The zero-order valence-electron chi connectivity index (χ0n) is 11.3. The number of para-hydroxylation sites is 1. The lowest BCUT2D eigenvalue weighted by molar-refractivity contribution is -0.136. The molecule has 0 unspecified atom stereocenters. The van der Waals surface area contributed by atoms with Crippen molar-refractivity contribution in [2.75, 3.05) is 26.2 Å². The Kier molecular flexibility index (Phi) is 5.09. The molecule has 0 atom stereocenters. The molecule has 2 rings (SSSR count). The van der Waals surface area contributed by atoms with Gasteiger partial charge in [-0.2, -0.15) is 0 Å². The fraction of sp³-hybridized carbons (Fsp3) is 0.429. The highest BCUT2D eigenvalue weighted by Gasteiger charge is 2.21. The zero-order chi connectivity index (χ0) is 14.4. The molecular formula is C14H19N3O3. The molecular weight excluding hydrogens is 258 g/mol. The Balaban J connectivity index is 1.73. The predicted molar refractivity (Wildman–Crippen MR) is 74.0 cm³/mol. The molecule has 6 heteroatoms. The first kappa shape index (κ1) is 14.5. The Morgan fingerprint density at radius 1 is 1.20 bits per heavy atom. The van der Waals surface area contributed by atoms with E-state index in [1.54, 1.807) is 0 Å². The summed E-state index contributed by atoms with van der Waals surface area (Å²) in [6, 6.07) is 7.65. The predicted octanol–water partition coefficient (Wildman–Crippen LogP) is -0.127. The number of benzene rings is 1. The second kappa shape index (κ2) is 7.02. The monoisotopic (exact) mass is 277 g/mol. The van der Waals surface area contributed by atoms with Crippen molar-refractivity contribution in [3.05, 3.63) is 29.8 Å². The van der Waals surface area contributed by atoms with E-state index in [1.807, 2.05) is 29.2 Å². The number of rotatable bonds is 6. The van der Waals surface area contributed by atoms with Crippen LogP contribution < -0.4 is 15.8 Å². The summed E-state index contributed by atoms with van der Waals surface area (Å²) in [5.41, 5.74) is 6.60. The smallest absolute Gasteiger partial charge is 0.240 e. The van der Waals surface area contributed by atoms with Gasteiger partial charge >= 0.3 is 0 Å². The first-order chi connectivity index (χ1) is 9.69. The topological polar surface area (TPSA) is 84.7 Å². The van der Waals surface area contributed by atoms with Gasteiger partial charge in [-0.05, 0) is 12.5 Å². The van der Waals surface area contributed by atoms with Crippen LogP contribution >= 0.6 is 0 Å². The molecule has 0 radical (unpaired) electrons. The van der Waals surface area contributed by atoms with Gasteiger partial charge in [0, 0.05) is 18.7 Å². The second-order valence-corrected chi connectivity index (χ2v) is 4.70. The molecule has 1 aliphatic rings. The number of hydrogen-bond donors (Lipinski definition) is 2. The summed E-state index contributed by atoms with van der Waals surface area (Å²) in [5, 5.41) is 2.28. The van der Waals surface area contributed by atoms with Gasteiger partial charge in [0.05, 0.1) is 19.7 Å². The summed E-state index contributed by atoms with van der Waals surface area (Å²) in [6.07, 6.45) is 0.749. The van der Waals surface area contributed by atoms with Crippen LogP contribution in [0, 0.1) is 0 Å². The lowest BCUT2D eigenvalue weighted by atomic mass is 10.2. The third-order valence-electron chi connectivity index (χ3n) is 3.08. The van der Waals surface area contributed by atoms with Crippen LogP contribution in [0.25, 0.3) is 0 Å². The Morgan fingerprint density at radius 3 is 2.60 bits per heavy atom. The van der Waals surface area contributed by atoms with E-state index in [-0.39, 0.29) is 24.9 Å². The van der Waals surface area contributed by atoms with Crippen LogP contribution in [0.2, 0.25) is 0 Å². The standard InChI is InChI=1S/C14H19N3O3/c15-8-11-4-1-2-5-12(11)20-7-3-6-17-9-13(18)16-14(19)10-17/h1-2,4-5H,3,6-10,15H2,(H,16,18,19). The number of amides is 2. The van der Waals surface area contributed by atoms with Gasteiger partial charge < -0.3 is 10.5 Å². The molecule has 0 aromatic heterocycles. The molecule has 0 aliphatic carbocycles. The van der Waals surface area contributed by atoms with Gasteiger partial charge in [0.15, 0.2) is 0 Å². The van der Waals surface area contributed by atoms with E-state index in [2.05, 4.69) is 5.32 Å². The van der Waals surface area contributed by atoms with Gasteiger partial charge in [0.25, 0.3) is 0 Å². The van der Waals surface area contributed by atoms with Crippen LogP contribution in [-0.4, -0.2) is 43.0 Å². The number of carbonyl (C=O) groups excluding carboxylic acids is 2. The van der Waals surface area contributed by atoms with Crippen molar-refractivity contribution in [3.8, 4) is 5.75 Å². The van der Waals surface area contributed by atoms with Crippen molar-refractivity contribution in [1.82, 2.24) is 10.2 Å². The maximum atomic E-state index is 11.2. The van der Waals surface area contributed by atoms with Crippen LogP contribution in [0.1, 0.15) is 12.0 Å². The average Bonchev–Trinajstić information content (AvgIpc) is 2.43. The first-order valence-corrected chi connectivity index (χ1v) is 6.65. The summed E-state index contributed by atoms with van der Waals surface area (Å²) < 4.78 is 5.68. The molecule has 108 valence electrons. The number of imide groups is 1. The van der Waals surface area contributed by atoms with Crippen LogP contribution in [0.3, 0.4) is 0 Å². The van der Waals surface area contributed by atoms with E-state index < -0.39 is 0 Å². The summed E-state index contributed by atoms with van der Waals surface area (Å²) >= 11 is 0. The molecule has 2 amide bonds. The summed E-state index contributed by atoms with van der Waals surface area (Å²) in [4.78, 5) is 24.2. The van der Waals surface area contributed by atoms with E-state index in [0.717, 1.165) is 17.7 Å². The molecule has 1 aliphatic heterocycles. The Morgan fingerprint density at radius 2 is 1.90 bits per heavy atom. The Hall–Kier alpha value is -1.92. The van der Waals surface area contributed by atoms with Crippen LogP contribution in [0.4, 0.5) is 0 Å². The van der Waals surface area contributed by atoms with Crippen molar-refractivity contribution in [2.45, 2.75) is 13.0 Å². The SMILES string of the molecule is NCc1ccccc1OCCCN1CC(=O)NC(=O)C1. The zero-order valence-corrected chi connectivity index (χ0v) is 11.3. The highest BCUT2D eigenvalue weighted by Crippen LogP contribution is 2.17. The number of nitrogens with zero attached hydrogens (tertiary/aromatic N) is 1. The van der Waals surface area contributed by atoms with E-state index in [0.29, 0.717) is 19.7 Å². The van der Waals surface area contributed by atoms with E-state index in [1.165, 1.54) is 0 Å². The second-order valence-electron chi connectivity index (χ2n) is 4.70. The lowest BCUT2D eigenvalue weighted by Crippen LogP contribution is -2.51. The number of ether oxygens (including phenoxy) is 1. The average molecular weight is 277 g/mol. The highest BCUT2D eigenvalue weighted by atomic mass is 16.5. The molecule has 0 bridgehead atoms. The van der Waals surface area contributed by atoms with E-state index in [9.17, 15) is 9.59 Å². The van der Waals surface area contributed by atoms with Gasteiger partial charge in [-0.1, -0.05) is 18.2 Å². The molecule has 3 N–H and O–H groups in total. The van der Waals surface area contributed by atoms with Gasteiger partial charge in [-0.3, -0.25) is 19.8 Å². The highest BCUT2D eigenvalue weighted by molar-refractivity contribution is 5.99. The lowest BCUT2D eigenvalue weighted by Gasteiger charge is -2.25. The molecule has 1 heterocycles. The normalized spacial score (nSPS) is 16.1. The number of nitrogens with one attached hydrogen (secondary N) is 1. The molecule has 0 spiro atoms. The maximum Gasteiger partial charge on any atom is 0.240 e. The quantitative estimate of drug-likeness (QED) is 0.559. The minimum atomic E-state index is -0.240. The number of piperazine rings is 1. The molecule has 20 heavy (non-hydrogen) atoms. The van der Waals surface area contributed by atoms with Crippen molar-refractivity contribution in [3.63, 3.8) is 0 Å². The Bertz CT molecular complexity index is 474. The summed E-state index contributed by atoms with van der Waals surface area (Å²) in [6.45, 7) is 2.17. The van der Waals surface area contributed by atoms with Crippen LogP contribution in [0.5, 0.6) is 5.75 Å². The summed E-state index contributed by atoms with van der Waals surface area (Å²) in [5.74, 6) is 0.314. The molecule has 1 saturated heterocycles. The molecule has 1 aromatic carbocycles. The van der Waals surface area contributed by atoms with Crippen molar-refractivity contribution in [2.24, 2.45) is 5.73 Å². The largest absolute Gasteiger partial charge is 0.493 e. The fourth-order valence-electron chi connectivity index (χ4n) is 2.14. The number of nitrogens with two attached hydrogens (primary N) is 1. The first-order valence-electron chi connectivity index (χ1n) is 6.65. The van der Waals surface area contributed by atoms with Crippen LogP contribution in [0.15, 0.2) is 24.3 Å². The summed E-state index contributed by atoms with van der Waals surface area (Å²) in [7, 11) is 0. The minimum absolute atomic E-state index is 0.240. The van der Waals surface area contributed by atoms with Crippen molar-refractivity contribution in [1.29, 1.82) is 0 Å². The van der Waals surface area contributed by atoms with E-state index in [4.69, 9.17) is 10.5 Å². The molecule has 1 fully saturated rings. The van der Waals surface area contributed by atoms with Crippen LogP contribution in [-0.2, 0) is 16.1 Å². The van der Waals surface area contributed by atoms with Gasteiger partial charge in [0.1, 0.15) is 5.75 Å². The van der Waals surface area contributed by atoms with Gasteiger partial charge in [-0.25, -0.2) is 0 Å². The molecule has 1 aromatic rings. The third kappa shape index (κ3) is 4.04. The van der Waals surface area contributed by atoms with E-state index >= 15 is 0 Å². The van der Waals surface area contributed by atoms with Crippen molar-refractivity contribution >= 4 is 11.8 Å². The molecule has 0 saturated carbocycles.